The summed E-state index contributed by atoms with van der Waals surface area (Å²) in [5.74, 6) is -12.8. The number of benzene rings is 4. The van der Waals surface area contributed by atoms with Gasteiger partial charge < -0.3 is 71.9 Å². The second kappa shape index (κ2) is 6.10. The molecule has 14 N–H and O–H groups in total. The van der Waals surface area contributed by atoms with Crippen LogP contribution in [0.4, 0.5) is 22.7 Å². The van der Waals surface area contributed by atoms with Crippen LogP contribution in [0.5, 0.6) is 69.0 Å². The molecule has 0 aromatic heterocycles. The molecule has 0 radical (unpaired) electrons. The first-order chi connectivity index (χ1) is 15.9. The summed E-state index contributed by atoms with van der Waals surface area (Å²) in [6.45, 7) is 0. The van der Waals surface area contributed by atoms with Crippen molar-refractivity contribution in [2.75, 3.05) is 10.6 Å². The number of nitrogens with one attached hydrogen (secondary N) is 2. The molecule has 0 aliphatic carbocycles. The van der Waals surface area contributed by atoms with Gasteiger partial charge in [-0.05, 0) is 0 Å². The van der Waals surface area contributed by atoms with Crippen LogP contribution in [-0.2, 0) is 0 Å². The standard InChI is InChI=1S/C20H14N2O12/c23-9-1-2(14(28)18(32)17(31)13(1)27)10(24)6-5(9)21-7-8(22-6)12(26)4-3(11(7)25)15(29)19(33)20(34)16(4)30/h21-34H. The zero-order valence-corrected chi connectivity index (χ0v) is 16.4. The van der Waals surface area contributed by atoms with E-state index in [0.29, 0.717) is 0 Å². The number of rotatable bonds is 0. The molecule has 1 aliphatic rings. The van der Waals surface area contributed by atoms with Crippen LogP contribution in [0, 0.1) is 0 Å². The molecule has 176 valence electrons. The van der Waals surface area contributed by atoms with E-state index in [-0.39, 0.29) is 0 Å². The van der Waals surface area contributed by atoms with Crippen molar-refractivity contribution >= 4 is 44.3 Å². The summed E-state index contributed by atoms with van der Waals surface area (Å²) < 4.78 is 0. The van der Waals surface area contributed by atoms with E-state index in [9.17, 15) is 61.3 Å². The van der Waals surface area contributed by atoms with Gasteiger partial charge in [-0.2, -0.15) is 0 Å². The van der Waals surface area contributed by atoms with Gasteiger partial charge in [0, 0.05) is 0 Å². The topological polar surface area (TPSA) is 267 Å². The lowest BCUT2D eigenvalue weighted by atomic mass is 9.97. The van der Waals surface area contributed by atoms with Crippen LogP contribution < -0.4 is 10.6 Å². The summed E-state index contributed by atoms with van der Waals surface area (Å²) in [6.07, 6.45) is 0. The molecule has 34 heavy (non-hydrogen) atoms. The molecular weight excluding hydrogens is 460 g/mol. The van der Waals surface area contributed by atoms with Gasteiger partial charge in [0.05, 0.1) is 21.5 Å². The van der Waals surface area contributed by atoms with Gasteiger partial charge in [0.2, 0.25) is 23.0 Å². The molecule has 1 heterocycles. The Hall–Kier alpha value is -5.40. The third-order valence-corrected chi connectivity index (χ3v) is 5.69. The normalized spacial score (nSPS) is 12.2. The minimum absolute atomic E-state index is 0.460. The van der Waals surface area contributed by atoms with Crippen LogP contribution in [0.15, 0.2) is 0 Å². The lowest BCUT2D eigenvalue weighted by Crippen LogP contribution is -2.08. The van der Waals surface area contributed by atoms with Crippen molar-refractivity contribution in [2.24, 2.45) is 0 Å². The Morgan fingerprint density at radius 2 is 0.412 bits per heavy atom. The van der Waals surface area contributed by atoms with Gasteiger partial charge in [-0.3, -0.25) is 0 Å². The maximum absolute atomic E-state index is 10.7. The number of fused-ring (bicyclic) bond motifs is 4. The molecule has 14 nitrogen and oxygen atoms in total. The molecule has 14 heteroatoms. The quantitative estimate of drug-likeness (QED) is 0.113. The van der Waals surface area contributed by atoms with Crippen LogP contribution in [0.25, 0.3) is 21.5 Å². The van der Waals surface area contributed by atoms with Crippen molar-refractivity contribution in [3.63, 3.8) is 0 Å². The first-order valence-corrected chi connectivity index (χ1v) is 9.18. The summed E-state index contributed by atoms with van der Waals surface area (Å²) in [4.78, 5) is 0. The molecule has 1 aliphatic heterocycles. The second-order valence-corrected chi connectivity index (χ2v) is 7.43. The average molecular weight is 474 g/mol. The van der Waals surface area contributed by atoms with E-state index in [2.05, 4.69) is 10.6 Å². The highest BCUT2D eigenvalue weighted by atomic mass is 16.4. The van der Waals surface area contributed by atoms with Gasteiger partial charge in [0.25, 0.3) is 0 Å². The van der Waals surface area contributed by atoms with Crippen molar-refractivity contribution in [1.82, 2.24) is 0 Å². The van der Waals surface area contributed by atoms with E-state index in [1.807, 2.05) is 0 Å². The van der Waals surface area contributed by atoms with E-state index in [4.69, 9.17) is 0 Å². The predicted octanol–water partition coefficient (Wildman–Crippen LogP) is 2.26. The van der Waals surface area contributed by atoms with E-state index in [0.717, 1.165) is 0 Å². The van der Waals surface area contributed by atoms with E-state index < -0.39 is 113 Å². The Balaban J connectivity index is 1.91. The van der Waals surface area contributed by atoms with Crippen molar-refractivity contribution in [2.45, 2.75) is 0 Å². The first kappa shape index (κ1) is 20.5. The monoisotopic (exact) mass is 474 g/mol. The van der Waals surface area contributed by atoms with Crippen LogP contribution in [0.3, 0.4) is 0 Å². The fourth-order valence-electron chi connectivity index (χ4n) is 4.03. The van der Waals surface area contributed by atoms with Gasteiger partial charge in [-0.1, -0.05) is 0 Å². The average Bonchev–Trinajstić information content (AvgIpc) is 2.82. The fourth-order valence-corrected chi connectivity index (χ4v) is 4.03. The number of phenolic OH excluding ortho intramolecular Hbond substituents is 12. The Morgan fingerprint density at radius 3 is 0.588 bits per heavy atom. The molecule has 5 rings (SSSR count). The molecule has 0 saturated heterocycles. The summed E-state index contributed by atoms with van der Waals surface area (Å²) in [5.41, 5.74) is -1.84. The van der Waals surface area contributed by atoms with E-state index in [1.165, 1.54) is 0 Å². The summed E-state index contributed by atoms with van der Waals surface area (Å²) in [7, 11) is 0. The Morgan fingerprint density at radius 1 is 0.235 bits per heavy atom. The van der Waals surface area contributed by atoms with Crippen molar-refractivity contribution in [1.29, 1.82) is 0 Å². The highest BCUT2D eigenvalue weighted by Crippen LogP contribution is 2.64. The zero-order chi connectivity index (χ0) is 25.0. The van der Waals surface area contributed by atoms with Crippen molar-refractivity contribution in [3.8, 4) is 69.0 Å². The second-order valence-electron chi connectivity index (χ2n) is 7.43. The molecule has 0 saturated carbocycles. The van der Waals surface area contributed by atoms with Gasteiger partial charge >= 0.3 is 0 Å². The molecule has 4 aromatic rings. The largest absolute Gasteiger partial charge is 0.505 e. The van der Waals surface area contributed by atoms with Crippen LogP contribution in [0.2, 0.25) is 0 Å². The highest BCUT2D eigenvalue weighted by molar-refractivity contribution is 6.19. The Kier molecular flexibility index (Phi) is 3.68. The third-order valence-electron chi connectivity index (χ3n) is 5.69. The summed E-state index contributed by atoms with van der Waals surface area (Å²) >= 11 is 0. The number of hydrogen-bond donors (Lipinski definition) is 14. The van der Waals surface area contributed by atoms with Crippen molar-refractivity contribution < 1.29 is 61.3 Å². The first-order valence-electron chi connectivity index (χ1n) is 9.18. The number of anilines is 4. The minimum Gasteiger partial charge on any atom is -0.505 e. The molecule has 0 atom stereocenters. The van der Waals surface area contributed by atoms with Crippen LogP contribution >= 0.6 is 0 Å². The zero-order valence-electron chi connectivity index (χ0n) is 16.4. The summed E-state index contributed by atoms with van der Waals surface area (Å²) in [6, 6.07) is 0. The third kappa shape index (κ3) is 2.12. The van der Waals surface area contributed by atoms with Gasteiger partial charge in [0.15, 0.2) is 46.0 Å². The molecule has 0 spiro atoms. The van der Waals surface area contributed by atoms with Crippen molar-refractivity contribution in [3.05, 3.63) is 0 Å². The SMILES string of the molecule is Oc1c(O)c(O)c2c(O)c3c(c(O)c2c1O)Nc1c(c(O)c2c(O)c(O)c(O)c(O)c2c1O)N3. The number of phenols is 12. The molecule has 0 bridgehead atoms. The number of hydrogen-bond acceptors (Lipinski definition) is 14. The minimum atomic E-state index is -1.20. The Labute approximate surface area is 185 Å². The summed E-state index contributed by atoms with van der Waals surface area (Å²) in [5, 5.41) is 125. The smallest absolute Gasteiger partial charge is 0.205 e. The molecule has 4 aromatic carbocycles. The molecule has 0 unspecified atom stereocenters. The maximum Gasteiger partial charge on any atom is 0.205 e. The van der Waals surface area contributed by atoms with Gasteiger partial charge in [-0.15, -0.1) is 0 Å². The maximum atomic E-state index is 10.7. The molecule has 0 amide bonds. The Bertz CT molecular complexity index is 1390. The molecular formula is C20H14N2O12. The lowest BCUT2D eigenvalue weighted by Gasteiger charge is -2.28. The van der Waals surface area contributed by atoms with E-state index in [1.54, 1.807) is 0 Å². The van der Waals surface area contributed by atoms with Gasteiger partial charge in [0.1, 0.15) is 22.7 Å². The van der Waals surface area contributed by atoms with Gasteiger partial charge in [-0.25, -0.2) is 0 Å². The fraction of sp³-hybridized carbons (Fsp3) is 0. The lowest BCUT2D eigenvalue weighted by molar-refractivity contribution is 0.349. The van der Waals surface area contributed by atoms with Crippen LogP contribution in [-0.4, -0.2) is 61.3 Å². The van der Waals surface area contributed by atoms with E-state index >= 15 is 0 Å². The van der Waals surface area contributed by atoms with Crippen LogP contribution in [0.1, 0.15) is 0 Å². The number of aromatic hydroxyl groups is 12. The molecule has 0 fully saturated rings. The highest BCUT2D eigenvalue weighted by Gasteiger charge is 2.35. The predicted molar refractivity (Wildman–Crippen MR) is 114 cm³/mol.